The molecule has 7 heteroatoms. The summed E-state index contributed by atoms with van der Waals surface area (Å²) in [7, 11) is 0. The number of carbonyl (C=O) groups excluding carboxylic acids is 2. The largest absolute Gasteiger partial charge is 0.445 e. The van der Waals surface area contributed by atoms with Gasteiger partial charge in [0.2, 0.25) is 6.29 Å². The van der Waals surface area contributed by atoms with Gasteiger partial charge in [0.25, 0.3) is 0 Å². The van der Waals surface area contributed by atoms with Gasteiger partial charge in [-0.25, -0.2) is 4.79 Å². The molecule has 2 heterocycles. The highest BCUT2D eigenvalue weighted by molar-refractivity contribution is 5.68. The molecule has 1 aromatic carbocycles. The third-order valence-corrected chi connectivity index (χ3v) is 3.80. The predicted octanol–water partition coefficient (Wildman–Crippen LogP) is 1.36. The highest BCUT2D eigenvalue weighted by Gasteiger charge is 2.47. The minimum Gasteiger partial charge on any atom is -0.445 e. The van der Waals surface area contributed by atoms with Crippen molar-refractivity contribution in [3.8, 4) is 0 Å². The number of fused-ring (bicyclic) bond motifs is 1. The van der Waals surface area contributed by atoms with Gasteiger partial charge in [-0.3, -0.25) is 4.79 Å². The summed E-state index contributed by atoms with van der Waals surface area (Å²) in [5.41, 5.74) is 0.912. The minimum absolute atomic E-state index is 0.182. The van der Waals surface area contributed by atoms with Gasteiger partial charge in [0.15, 0.2) is 0 Å². The maximum Gasteiger partial charge on any atom is 0.407 e. The van der Waals surface area contributed by atoms with Gasteiger partial charge in [0, 0.05) is 13.3 Å². The highest BCUT2D eigenvalue weighted by Crippen LogP contribution is 2.31. The van der Waals surface area contributed by atoms with Crippen LogP contribution >= 0.6 is 0 Å². The molecule has 2 fully saturated rings. The summed E-state index contributed by atoms with van der Waals surface area (Å²) in [5, 5.41) is 2.74. The van der Waals surface area contributed by atoms with Crippen LogP contribution in [-0.4, -0.2) is 43.2 Å². The van der Waals surface area contributed by atoms with Crippen molar-refractivity contribution in [1.82, 2.24) is 5.32 Å². The Morgan fingerprint density at radius 3 is 2.83 bits per heavy atom. The van der Waals surface area contributed by atoms with Crippen molar-refractivity contribution >= 4 is 12.1 Å². The van der Waals surface area contributed by atoms with Crippen molar-refractivity contribution in [2.45, 2.75) is 44.5 Å². The molecule has 0 aromatic heterocycles. The third-order valence-electron chi connectivity index (χ3n) is 3.80. The third kappa shape index (κ3) is 4.00. The summed E-state index contributed by atoms with van der Waals surface area (Å²) in [6.07, 6.45) is -1.18. The van der Waals surface area contributed by atoms with Crippen LogP contribution in [0.2, 0.25) is 0 Å². The van der Waals surface area contributed by atoms with Crippen molar-refractivity contribution in [3.63, 3.8) is 0 Å². The van der Waals surface area contributed by atoms with Crippen LogP contribution in [0.1, 0.15) is 18.9 Å². The molecule has 7 nitrogen and oxygen atoms in total. The Morgan fingerprint density at radius 1 is 1.30 bits per heavy atom. The zero-order valence-electron chi connectivity index (χ0n) is 12.8. The van der Waals surface area contributed by atoms with E-state index < -0.39 is 18.4 Å². The van der Waals surface area contributed by atoms with Crippen LogP contribution < -0.4 is 5.32 Å². The summed E-state index contributed by atoms with van der Waals surface area (Å²) < 4.78 is 21.4. The van der Waals surface area contributed by atoms with E-state index in [1.807, 2.05) is 30.3 Å². The van der Waals surface area contributed by atoms with E-state index in [0.717, 1.165) is 5.56 Å². The number of ether oxygens (including phenoxy) is 4. The second-order valence-corrected chi connectivity index (χ2v) is 5.56. The fraction of sp³-hybridized carbons (Fsp3) is 0.500. The first-order valence-electron chi connectivity index (χ1n) is 7.53. The SMILES string of the molecule is CC(=O)OC1C[C@@H]2OC[C@H](NC(=O)OCc3ccccc3)[C@@H]2O1. The molecule has 0 aliphatic carbocycles. The van der Waals surface area contributed by atoms with Gasteiger partial charge in [0.1, 0.15) is 12.7 Å². The number of benzene rings is 1. The maximum absolute atomic E-state index is 11.9. The second-order valence-electron chi connectivity index (χ2n) is 5.56. The first-order chi connectivity index (χ1) is 11.1. The molecule has 1 amide bonds. The summed E-state index contributed by atoms with van der Waals surface area (Å²) in [6.45, 7) is 1.88. The maximum atomic E-state index is 11.9. The van der Waals surface area contributed by atoms with Gasteiger partial charge >= 0.3 is 12.1 Å². The van der Waals surface area contributed by atoms with Crippen molar-refractivity contribution in [3.05, 3.63) is 35.9 Å². The first-order valence-corrected chi connectivity index (χ1v) is 7.53. The van der Waals surface area contributed by atoms with Crippen LogP contribution in [0.4, 0.5) is 4.79 Å². The molecule has 2 saturated heterocycles. The van der Waals surface area contributed by atoms with Gasteiger partial charge in [-0.2, -0.15) is 0 Å². The summed E-state index contributed by atoms with van der Waals surface area (Å²) in [4.78, 5) is 22.9. The smallest absolute Gasteiger partial charge is 0.407 e. The van der Waals surface area contributed by atoms with E-state index in [9.17, 15) is 9.59 Å². The topological polar surface area (TPSA) is 83.1 Å². The number of amides is 1. The van der Waals surface area contributed by atoms with Gasteiger partial charge in [-0.05, 0) is 5.56 Å². The summed E-state index contributed by atoms with van der Waals surface area (Å²) in [5.74, 6) is -0.401. The van der Waals surface area contributed by atoms with Crippen LogP contribution in [0.25, 0.3) is 0 Å². The molecule has 3 rings (SSSR count). The normalized spacial score (nSPS) is 28.9. The molecule has 4 atom stereocenters. The van der Waals surface area contributed by atoms with Crippen LogP contribution in [0.15, 0.2) is 30.3 Å². The minimum atomic E-state index is -0.618. The molecule has 0 saturated carbocycles. The Hall–Kier alpha value is -2.12. The number of hydrogen-bond donors (Lipinski definition) is 1. The van der Waals surface area contributed by atoms with Gasteiger partial charge in [-0.1, -0.05) is 30.3 Å². The molecule has 1 unspecified atom stereocenters. The van der Waals surface area contributed by atoms with Crippen molar-refractivity contribution in [1.29, 1.82) is 0 Å². The first kappa shape index (κ1) is 15.8. The molecule has 0 radical (unpaired) electrons. The Bertz CT molecular complexity index is 563. The number of alkyl carbamates (subject to hydrolysis) is 1. The number of hydrogen-bond acceptors (Lipinski definition) is 6. The lowest BCUT2D eigenvalue weighted by molar-refractivity contribution is -0.173. The Labute approximate surface area is 133 Å². The average molecular weight is 321 g/mol. The monoisotopic (exact) mass is 321 g/mol. The second kappa shape index (κ2) is 6.97. The van der Waals surface area contributed by atoms with Crippen LogP contribution in [-0.2, 0) is 30.3 Å². The van der Waals surface area contributed by atoms with Crippen molar-refractivity contribution < 1.29 is 28.5 Å². The van der Waals surface area contributed by atoms with Crippen molar-refractivity contribution in [2.24, 2.45) is 0 Å². The molecule has 1 aromatic rings. The number of carbonyl (C=O) groups is 2. The van der Waals surface area contributed by atoms with E-state index in [2.05, 4.69) is 5.32 Å². The Morgan fingerprint density at radius 2 is 2.09 bits per heavy atom. The molecule has 0 bridgehead atoms. The van der Waals surface area contributed by atoms with E-state index in [0.29, 0.717) is 13.0 Å². The lowest BCUT2D eigenvalue weighted by Crippen LogP contribution is -2.44. The zero-order valence-corrected chi connectivity index (χ0v) is 12.8. The van der Waals surface area contributed by atoms with E-state index in [4.69, 9.17) is 18.9 Å². The number of esters is 1. The van der Waals surface area contributed by atoms with E-state index >= 15 is 0 Å². The van der Waals surface area contributed by atoms with Gasteiger partial charge in [0.05, 0.1) is 18.8 Å². The zero-order chi connectivity index (χ0) is 16.2. The van der Waals surface area contributed by atoms with Crippen LogP contribution in [0.5, 0.6) is 0 Å². The molecule has 23 heavy (non-hydrogen) atoms. The van der Waals surface area contributed by atoms with Gasteiger partial charge < -0.3 is 24.3 Å². The summed E-state index contributed by atoms with van der Waals surface area (Å²) >= 11 is 0. The fourth-order valence-corrected chi connectivity index (χ4v) is 2.78. The van der Waals surface area contributed by atoms with Crippen LogP contribution in [0, 0.1) is 0 Å². The van der Waals surface area contributed by atoms with Crippen LogP contribution in [0.3, 0.4) is 0 Å². The van der Waals surface area contributed by atoms with E-state index in [-0.39, 0.29) is 24.9 Å². The highest BCUT2D eigenvalue weighted by atomic mass is 16.7. The summed E-state index contributed by atoms with van der Waals surface area (Å²) in [6, 6.07) is 9.11. The average Bonchev–Trinajstić information content (AvgIpc) is 3.07. The van der Waals surface area contributed by atoms with Gasteiger partial charge in [-0.15, -0.1) is 0 Å². The standard InChI is InChI=1S/C16H19NO6/c1-10(18)22-14-7-13-15(23-14)12(9-20-13)17-16(19)21-8-11-5-3-2-4-6-11/h2-6,12-15H,7-9H2,1H3,(H,17,19)/t12-,13-,14?,15-/m0/s1. The van der Waals surface area contributed by atoms with E-state index in [1.54, 1.807) is 0 Å². The lowest BCUT2D eigenvalue weighted by atomic mass is 10.1. The molecule has 2 aliphatic heterocycles. The lowest BCUT2D eigenvalue weighted by Gasteiger charge is -2.19. The molecular weight excluding hydrogens is 302 g/mol. The number of nitrogens with one attached hydrogen (secondary N) is 1. The molecule has 1 N–H and O–H groups in total. The molecule has 2 aliphatic rings. The Balaban J connectivity index is 1.46. The van der Waals surface area contributed by atoms with Crippen molar-refractivity contribution in [2.75, 3.05) is 6.61 Å². The molecule has 124 valence electrons. The quantitative estimate of drug-likeness (QED) is 0.843. The van der Waals surface area contributed by atoms with E-state index in [1.165, 1.54) is 6.92 Å². The predicted molar refractivity (Wildman–Crippen MR) is 78.3 cm³/mol. The molecule has 0 spiro atoms. The fourth-order valence-electron chi connectivity index (χ4n) is 2.78. The molecular formula is C16H19NO6. The Kier molecular flexibility index (Phi) is 4.78. The number of rotatable bonds is 4.